The number of hydrogen-bond donors (Lipinski definition) is 2. The smallest absolute Gasteiger partial charge is 0.328 e. The molecule has 2 aromatic carbocycles. The number of benzene rings is 2. The van der Waals surface area contributed by atoms with Crippen molar-refractivity contribution >= 4 is 40.8 Å². The normalized spacial score (nSPS) is 16.4. The number of methoxy groups -OCH3 is 2. The van der Waals surface area contributed by atoms with Crippen molar-refractivity contribution in [2.24, 2.45) is 5.92 Å². The summed E-state index contributed by atoms with van der Waals surface area (Å²) >= 11 is 5.83. The molecule has 146 valence electrons. The standard InChI is InChI=1S/C19H18ClN3O5/c1-27-15-8-7-13(9-16(15)28-2)23-18(25)14(10-21-19(23)26)17(24)22-12-5-3-11(20)4-6-12/h3-9,14H,10H2,1-2H3,(H,21,26)(H,22,24). The summed E-state index contributed by atoms with van der Waals surface area (Å²) in [5, 5.41) is 5.75. The van der Waals surface area contributed by atoms with Crippen molar-refractivity contribution < 1.29 is 23.9 Å². The predicted octanol–water partition coefficient (Wildman–Crippen LogP) is 2.67. The molecule has 1 atom stereocenters. The molecule has 0 saturated carbocycles. The van der Waals surface area contributed by atoms with Crippen LogP contribution in [-0.2, 0) is 9.59 Å². The zero-order valence-electron chi connectivity index (χ0n) is 15.2. The number of nitrogens with one attached hydrogen (secondary N) is 2. The van der Waals surface area contributed by atoms with Crippen molar-refractivity contribution in [3.05, 3.63) is 47.5 Å². The molecule has 4 amide bonds. The fourth-order valence-corrected chi connectivity index (χ4v) is 2.91. The Kier molecular flexibility index (Phi) is 5.70. The number of urea groups is 1. The predicted molar refractivity (Wildman–Crippen MR) is 104 cm³/mol. The highest BCUT2D eigenvalue weighted by Gasteiger charge is 2.39. The van der Waals surface area contributed by atoms with E-state index in [0.717, 1.165) is 4.90 Å². The summed E-state index contributed by atoms with van der Waals surface area (Å²) in [6, 6.07) is 10.5. The van der Waals surface area contributed by atoms with Crippen LogP contribution in [0.2, 0.25) is 5.02 Å². The highest BCUT2D eigenvalue weighted by atomic mass is 35.5. The first-order chi connectivity index (χ1) is 13.4. The van der Waals surface area contributed by atoms with Gasteiger partial charge in [0.1, 0.15) is 5.92 Å². The number of anilines is 2. The SMILES string of the molecule is COc1ccc(N2C(=O)NCC(C(=O)Nc3ccc(Cl)cc3)C2=O)cc1OC. The summed E-state index contributed by atoms with van der Waals surface area (Å²) in [6.07, 6.45) is 0. The van der Waals surface area contributed by atoms with Crippen molar-refractivity contribution in [3.8, 4) is 11.5 Å². The lowest BCUT2D eigenvalue weighted by atomic mass is 10.0. The second kappa shape index (κ2) is 8.18. The van der Waals surface area contributed by atoms with Gasteiger partial charge in [-0.3, -0.25) is 9.59 Å². The summed E-state index contributed by atoms with van der Waals surface area (Å²) < 4.78 is 10.4. The Morgan fingerprint density at radius 2 is 1.79 bits per heavy atom. The van der Waals surface area contributed by atoms with Crippen LogP contribution in [0.3, 0.4) is 0 Å². The number of amides is 4. The average molecular weight is 404 g/mol. The van der Waals surface area contributed by atoms with E-state index in [2.05, 4.69) is 10.6 Å². The first-order valence-electron chi connectivity index (χ1n) is 8.35. The fraction of sp³-hybridized carbons (Fsp3) is 0.211. The largest absolute Gasteiger partial charge is 0.493 e. The number of hydrogen-bond acceptors (Lipinski definition) is 5. The third-order valence-corrected chi connectivity index (χ3v) is 4.48. The van der Waals surface area contributed by atoms with E-state index in [1.165, 1.54) is 26.4 Å². The molecule has 2 N–H and O–H groups in total. The fourth-order valence-electron chi connectivity index (χ4n) is 2.79. The zero-order valence-corrected chi connectivity index (χ0v) is 15.9. The minimum atomic E-state index is -1.08. The van der Waals surface area contributed by atoms with E-state index < -0.39 is 23.8 Å². The van der Waals surface area contributed by atoms with Gasteiger partial charge in [-0.05, 0) is 36.4 Å². The van der Waals surface area contributed by atoms with E-state index in [0.29, 0.717) is 22.2 Å². The molecule has 1 unspecified atom stereocenters. The highest BCUT2D eigenvalue weighted by molar-refractivity contribution is 6.30. The third kappa shape index (κ3) is 3.86. The van der Waals surface area contributed by atoms with Gasteiger partial charge in [0, 0.05) is 23.3 Å². The summed E-state index contributed by atoms with van der Waals surface area (Å²) in [4.78, 5) is 38.7. The molecule has 2 aromatic rings. The summed E-state index contributed by atoms with van der Waals surface area (Å²) in [5.41, 5.74) is 0.765. The molecule has 1 fully saturated rings. The van der Waals surface area contributed by atoms with Gasteiger partial charge in [-0.2, -0.15) is 0 Å². The Bertz CT molecular complexity index is 916. The molecule has 0 spiro atoms. The maximum Gasteiger partial charge on any atom is 0.328 e. The first kappa shape index (κ1) is 19.5. The average Bonchev–Trinajstić information content (AvgIpc) is 2.69. The lowest BCUT2D eigenvalue weighted by Crippen LogP contribution is -2.58. The van der Waals surface area contributed by atoms with Gasteiger partial charge in [-0.1, -0.05) is 11.6 Å². The van der Waals surface area contributed by atoms with Gasteiger partial charge in [-0.25, -0.2) is 9.69 Å². The molecule has 0 radical (unpaired) electrons. The maximum atomic E-state index is 12.9. The van der Waals surface area contributed by atoms with Crippen molar-refractivity contribution in [2.75, 3.05) is 31.0 Å². The zero-order chi connectivity index (χ0) is 20.3. The molecular formula is C19H18ClN3O5. The minimum absolute atomic E-state index is 0.0963. The Labute approximate surface area is 166 Å². The molecule has 1 aliphatic heterocycles. The van der Waals surface area contributed by atoms with Gasteiger partial charge in [0.15, 0.2) is 11.5 Å². The van der Waals surface area contributed by atoms with Crippen LogP contribution in [0.25, 0.3) is 0 Å². The lowest BCUT2D eigenvalue weighted by Gasteiger charge is -2.31. The van der Waals surface area contributed by atoms with Crippen molar-refractivity contribution in [2.45, 2.75) is 0 Å². The van der Waals surface area contributed by atoms with E-state index in [9.17, 15) is 14.4 Å². The highest BCUT2D eigenvalue weighted by Crippen LogP contribution is 2.32. The summed E-state index contributed by atoms with van der Waals surface area (Å²) in [6.45, 7) is -0.0963. The first-order valence-corrected chi connectivity index (χ1v) is 8.72. The van der Waals surface area contributed by atoms with Crippen LogP contribution in [0.1, 0.15) is 0 Å². The molecule has 3 rings (SSSR count). The number of carbonyl (C=O) groups is 3. The molecule has 0 aliphatic carbocycles. The molecule has 9 heteroatoms. The Morgan fingerprint density at radius 1 is 1.11 bits per heavy atom. The second-order valence-corrected chi connectivity index (χ2v) is 6.38. The van der Waals surface area contributed by atoms with Gasteiger partial charge < -0.3 is 20.1 Å². The quantitative estimate of drug-likeness (QED) is 0.748. The lowest BCUT2D eigenvalue weighted by molar-refractivity contribution is -0.130. The molecule has 8 nitrogen and oxygen atoms in total. The molecule has 1 saturated heterocycles. The third-order valence-electron chi connectivity index (χ3n) is 4.23. The Balaban J connectivity index is 1.83. The van der Waals surface area contributed by atoms with E-state index in [1.54, 1.807) is 30.3 Å². The number of carbonyl (C=O) groups excluding carboxylic acids is 3. The topological polar surface area (TPSA) is 97.0 Å². The monoisotopic (exact) mass is 403 g/mol. The van der Waals surface area contributed by atoms with Crippen LogP contribution in [0.15, 0.2) is 42.5 Å². The van der Waals surface area contributed by atoms with Crippen LogP contribution >= 0.6 is 11.6 Å². The number of ether oxygens (including phenoxy) is 2. The number of imide groups is 1. The van der Waals surface area contributed by atoms with Crippen LogP contribution in [0.4, 0.5) is 16.2 Å². The van der Waals surface area contributed by atoms with Gasteiger partial charge >= 0.3 is 6.03 Å². The van der Waals surface area contributed by atoms with Gasteiger partial charge in [-0.15, -0.1) is 0 Å². The number of nitrogens with zero attached hydrogens (tertiary/aromatic N) is 1. The van der Waals surface area contributed by atoms with Gasteiger partial charge in [0.25, 0.3) is 0 Å². The van der Waals surface area contributed by atoms with E-state index >= 15 is 0 Å². The van der Waals surface area contributed by atoms with Crippen molar-refractivity contribution in [1.82, 2.24) is 5.32 Å². The van der Waals surface area contributed by atoms with Gasteiger partial charge in [0.2, 0.25) is 11.8 Å². The molecular weight excluding hydrogens is 386 g/mol. The summed E-state index contributed by atoms with van der Waals surface area (Å²) in [5.74, 6) is -1.44. The number of halogens is 1. The van der Waals surface area contributed by atoms with Gasteiger partial charge in [0.05, 0.1) is 19.9 Å². The Morgan fingerprint density at radius 3 is 2.43 bits per heavy atom. The van der Waals surface area contributed by atoms with Crippen LogP contribution in [0, 0.1) is 5.92 Å². The molecule has 0 aromatic heterocycles. The van der Waals surface area contributed by atoms with E-state index in [-0.39, 0.29) is 12.2 Å². The van der Waals surface area contributed by atoms with Crippen LogP contribution in [0.5, 0.6) is 11.5 Å². The molecule has 1 aliphatic rings. The van der Waals surface area contributed by atoms with E-state index in [1.807, 2.05) is 0 Å². The van der Waals surface area contributed by atoms with Crippen molar-refractivity contribution in [3.63, 3.8) is 0 Å². The Hall–Kier alpha value is -3.26. The molecule has 0 bridgehead atoms. The van der Waals surface area contributed by atoms with Crippen LogP contribution < -0.4 is 25.0 Å². The van der Waals surface area contributed by atoms with Crippen LogP contribution in [-0.4, -0.2) is 38.6 Å². The second-order valence-electron chi connectivity index (χ2n) is 5.95. The molecule has 1 heterocycles. The minimum Gasteiger partial charge on any atom is -0.493 e. The summed E-state index contributed by atoms with van der Waals surface area (Å²) in [7, 11) is 2.93. The maximum absolute atomic E-state index is 12.9. The number of rotatable bonds is 5. The van der Waals surface area contributed by atoms with E-state index in [4.69, 9.17) is 21.1 Å². The van der Waals surface area contributed by atoms with Crippen molar-refractivity contribution in [1.29, 1.82) is 0 Å². The molecule has 28 heavy (non-hydrogen) atoms.